The van der Waals surface area contributed by atoms with Gasteiger partial charge in [-0.25, -0.2) is 4.98 Å². The van der Waals surface area contributed by atoms with Gasteiger partial charge in [-0.2, -0.15) is 4.98 Å². The van der Waals surface area contributed by atoms with Gasteiger partial charge >= 0.3 is 0 Å². The molecule has 30 heavy (non-hydrogen) atoms. The lowest BCUT2D eigenvalue weighted by Crippen LogP contribution is -2.47. The van der Waals surface area contributed by atoms with Crippen LogP contribution in [0.4, 0.5) is 17.5 Å². The number of nitrogens with zero attached hydrogens (tertiary/aromatic N) is 4. The summed E-state index contributed by atoms with van der Waals surface area (Å²) in [6, 6.07) is 16.9. The number of para-hydroxylation sites is 2. The zero-order valence-corrected chi connectivity index (χ0v) is 18.0. The molecule has 3 aromatic rings. The van der Waals surface area contributed by atoms with Gasteiger partial charge in [0, 0.05) is 37.6 Å². The van der Waals surface area contributed by atoms with Crippen LogP contribution in [0, 0.1) is 0 Å². The third-order valence-corrected chi connectivity index (χ3v) is 6.61. The fourth-order valence-corrected chi connectivity index (χ4v) is 4.87. The highest BCUT2D eigenvalue weighted by molar-refractivity contribution is 6.33. The predicted octanol–water partition coefficient (Wildman–Crippen LogP) is 5.35. The molecular weight excluding hydrogens is 394 g/mol. The van der Waals surface area contributed by atoms with Crippen LogP contribution >= 0.6 is 11.6 Å². The van der Waals surface area contributed by atoms with Gasteiger partial charge in [-0.1, -0.05) is 55.1 Å². The number of benzene rings is 2. The summed E-state index contributed by atoms with van der Waals surface area (Å²) < 4.78 is 0. The number of hydrogen-bond donors (Lipinski definition) is 1. The summed E-state index contributed by atoms with van der Waals surface area (Å²) in [7, 11) is 0. The van der Waals surface area contributed by atoms with Crippen LogP contribution in [0.2, 0.25) is 5.02 Å². The van der Waals surface area contributed by atoms with E-state index >= 15 is 0 Å². The highest BCUT2D eigenvalue weighted by Crippen LogP contribution is 2.29. The van der Waals surface area contributed by atoms with Crippen molar-refractivity contribution in [1.82, 2.24) is 9.97 Å². The van der Waals surface area contributed by atoms with E-state index < -0.39 is 0 Å². The van der Waals surface area contributed by atoms with E-state index in [2.05, 4.69) is 45.4 Å². The molecule has 0 atom stereocenters. The molecule has 5 nitrogen and oxygen atoms in total. The van der Waals surface area contributed by atoms with E-state index in [9.17, 15) is 0 Å². The molecule has 156 valence electrons. The van der Waals surface area contributed by atoms with Crippen molar-refractivity contribution in [2.24, 2.45) is 0 Å². The lowest BCUT2D eigenvalue weighted by Gasteiger charge is -2.36. The van der Waals surface area contributed by atoms with Crippen molar-refractivity contribution in [3.8, 4) is 0 Å². The minimum Gasteiger partial charge on any atom is -0.367 e. The van der Waals surface area contributed by atoms with Crippen molar-refractivity contribution in [3.63, 3.8) is 0 Å². The monoisotopic (exact) mass is 421 g/mol. The minimum atomic E-state index is 0.516. The molecule has 2 heterocycles. The number of hydrogen-bond acceptors (Lipinski definition) is 5. The molecule has 2 aromatic carbocycles. The SMILES string of the molecule is Clc1ccccc1N1CCN(c2nc(NC3CCCCC3)c3ccccc3n2)CC1. The van der Waals surface area contributed by atoms with Crippen molar-refractivity contribution in [1.29, 1.82) is 0 Å². The van der Waals surface area contributed by atoms with Crippen molar-refractivity contribution in [2.45, 2.75) is 38.1 Å². The summed E-state index contributed by atoms with van der Waals surface area (Å²) >= 11 is 6.40. The summed E-state index contributed by atoms with van der Waals surface area (Å²) in [5, 5.41) is 5.66. The maximum Gasteiger partial charge on any atom is 0.228 e. The molecule has 6 heteroatoms. The summed E-state index contributed by atoms with van der Waals surface area (Å²) in [6.07, 6.45) is 6.41. The van der Waals surface area contributed by atoms with Gasteiger partial charge in [0.05, 0.1) is 16.2 Å². The van der Waals surface area contributed by atoms with E-state index in [1.807, 2.05) is 18.2 Å². The van der Waals surface area contributed by atoms with Crippen LogP contribution in [0.15, 0.2) is 48.5 Å². The lowest BCUT2D eigenvalue weighted by molar-refractivity contribution is 0.462. The number of nitrogens with one attached hydrogen (secondary N) is 1. The topological polar surface area (TPSA) is 44.3 Å². The lowest BCUT2D eigenvalue weighted by atomic mass is 9.95. The molecule has 0 spiro atoms. The van der Waals surface area contributed by atoms with Gasteiger partial charge in [-0.05, 0) is 37.1 Å². The number of aromatic nitrogens is 2. The van der Waals surface area contributed by atoms with Crippen LogP contribution in [-0.4, -0.2) is 42.2 Å². The van der Waals surface area contributed by atoms with Crippen molar-refractivity contribution in [3.05, 3.63) is 53.6 Å². The van der Waals surface area contributed by atoms with E-state index in [4.69, 9.17) is 21.6 Å². The average Bonchev–Trinajstić information content (AvgIpc) is 2.80. The molecule has 2 fully saturated rings. The Morgan fingerprint density at radius 3 is 2.30 bits per heavy atom. The van der Waals surface area contributed by atoms with Crippen LogP contribution in [0.1, 0.15) is 32.1 Å². The Hall–Kier alpha value is -2.53. The Kier molecular flexibility index (Phi) is 5.63. The minimum absolute atomic E-state index is 0.516. The van der Waals surface area contributed by atoms with Crippen LogP contribution in [0.25, 0.3) is 10.9 Å². The molecule has 0 unspecified atom stereocenters. The smallest absolute Gasteiger partial charge is 0.228 e. The summed E-state index contributed by atoms with van der Waals surface area (Å²) in [5.41, 5.74) is 2.12. The molecule has 1 aliphatic heterocycles. The highest BCUT2D eigenvalue weighted by Gasteiger charge is 2.22. The van der Waals surface area contributed by atoms with Crippen molar-refractivity contribution < 1.29 is 0 Å². The number of rotatable bonds is 4. The van der Waals surface area contributed by atoms with Crippen LogP contribution < -0.4 is 15.1 Å². The standard InChI is InChI=1S/C24H28ClN5/c25-20-11-5-7-13-22(20)29-14-16-30(17-15-29)24-27-21-12-6-4-10-19(21)23(28-24)26-18-8-2-1-3-9-18/h4-7,10-13,18H,1-3,8-9,14-17H2,(H,26,27,28). The first-order chi connectivity index (χ1) is 14.8. The van der Waals surface area contributed by atoms with Crippen molar-refractivity contribution in [2.75, 3.05) is 41.3 Å². The molecule has 1 aromatic heterocycles. The van der Waals surface area contributed by atoms with Crippen LogP contribution in [0.5, 0.6) is 0 Å². The molecule has 1 aliphatic carbocycles. The zero-order valence-electron chi connectivity index (χ0n) is 17.2. The molecule has 1 N–H and O–H groups in total. The first-order valence-electron chi connectivity index (χ1n) is 11.1. The zero-order chi connectivity index (χ0) is 20.3. The third kappa shape index (κ3) is 4.04. The maximum atomic E-state index is 6.40. The van der Waals surface area contributed by atoms with Gasteiger partial charge in [0.1, 0.15) is 5.82 Å². The number of halogens is 1. The Labute approximate surface area is 183 Å². The molecule has 1 saturated heterocycles. The largest absolute Gasteiger partial charge is 0.367 e. The van der Waals surface area contributed by atoms with E-state index in [0.717, 1.165) is 59.6 Å². The van der Waals surface area contributed by atoms with Gasteiger partial charge in [-0.15, -0.1) is 0 Å². The van der Waals surface area contributed by atoms with Gasteiger partial charge in [-0.3, -0.25) is 0 Å². The molecule has 5 rings (SSSR count). The van der Waals surface area contributed by atoms with Gasteiger partial charge < -0.3 is 15.1 Å². The van der Waals surface area contributed by atoms with Crippen LogP contribution in [-0.2, 0) is 0 Å². The van der Waals surface area contributed by atoms with E-state index in [1.54, 1.807) is 0 Å². The Morgan fingerprint density at radius 1 is 0.800 bits per heavy atom. The highest BCUT2D eigenvalue weighted by atomic mass is 35.5. The first-order valence-corrected chi connectivity index (χ1v) is 11.4. The van der Waals surface area contributed by atoms with E-state index in [1.165, 1.54) is 32.1 Å². The Bertz CT molecular complexity index is 1010. The first kappa shape index (κ1) is 19.4. The Balaban J connectivity index is 1.37. The number of fused-ring (bicyclic) bond motifs is 1. The Morgan fingerprint density at radius 2 is 1.50 bits per heavy atom. The quantitative estimate of drug-likeness (QED) is 0.614. The van der Waals surface area contributed by atoms with Crippen molar-refractivity contribution >= 4 is 40.0 Å². The predicted molar refractivity (Wildman–Crippen MR) is 126 cm³/mol. The van der Waals surface area contributed by atoms with Gasteiger partial charge in [0.25, 0.3) is 0 Å². The molecular formula is C24H28ClN5. The van der Waals surface area contributed by atoms with Crippen LogP contribution in [0.3, 0.4) is 0 Å². The van der Waals surface area contributed by atoms with E-state index in [0.29, 0.717) is 6.04 Å². The molecule has 2 aliphatic rings. The van der Waals surface area contributed by atoms with E-state index in [-0.39, 0.29) is 0 Å². The fraction of sp³-hybridized carbons (Fsp3) is 0.417. The number of anilines is 3. The summed E-state index contributed by atoms with van der Waals surface area (Å²) in [4.78, 5) is 14.5. The summed E-state index contributed by atoms with van der Waals surface area (Å²) in [5.74, 6) is 1.81. The fourth-order valence-electron chi connectivity index (χ4n) is 4.61. The maximum absolute atomic E-state index is 6.40. The second-order valence-corrected chi connectivity index (χ2v) is 8.70. The normalized spacial score (nSPS) is 18.0. The number of piperazine rings is 1. The molecule has 0 radical (unpaired) electrons. The third-order valence-electron chi connectivity index (χ3n) is 6.29. The second-order valence-electron chi connectivity index (χ2n) is 8.29. The van der Waals surface area contributed by atoms with Gasteiger partial charge in [0.2, 0.25) is 5.95 Å². The molecule has 1 saturated carbocycles. The molecule has 0 amide bonds. The van der Waals surface area contributed by atoms with Gasteiger partial charge in [0.15, 0.2) is 0 Å². The average molecular weight is 422 g/mol. The second kappa shape index (κ2) is 8.68. The summed E-state index contributed by atoms with van der Waals surface area (Å²) in [6.45, 7) is 3.58. The molecule has 0 bridgehead atoms.